The van der Waals surface area contributed by atoms with Gasteiger partial charge in [-0.25, -0.2) is 0 Å². The molecule has 3 unspecified atom stereocenters. The number of ether oxygens (including phenoxy) is 10. The minimum absolute atomic E-state index is 0. The number of methoxy groups -OCH3 is 4. The first-order valence-electron chi connectivity index (χ1n) is 20.7. The molecule has 15 nitrogen and oxygen atoms in total. The predicted molar refractivity (Wildman–Crippen MR) is 256 cm³/mol. The van der Waals surface area contributed by atoms with E-state index >= 15 is 0 Å². The third-order valence-corrected chi connectivity index (χ3v) is 13.3. The van der Waals surface area contributed by atoms with Crippen LogP contribution in [0.5, 0.6) is 51.7 Å². The molecule has 0 saturated carbocycles. The summed E-state index contributed by atoms with van der Waals surface area (Å²) < 4.78 is 123. The molecule has 4 aromatic carbocycles. The molecule has 6 atom stereocenters. The summed E-state index contributed by atoms with van der Waals surface area (Å²) in [6.45, 7) is 11.9. The van der Waals surface area contributed by atoms with Gasteiger partial charge in [-0.15, -0.1) is 6.58 Å². The van der Waals surface area contributed by atoms with Crippen LogP contribution in [0.25, 0.3) is 5.57 Å². The Kier molecular flexibility index (Phi) is 18.0. The standard InChI is InChI=1S/C24H23F3O9S.C23H22O6.I3.V/c1-5-13-10-33-23(28)19(13)18(14-8-12(2)20(32-4)17(9-14)31-3)15-6-7-16-22(35-11-34-16)21(15)36-37(29,30)24(25,26)27;1-11-5-13(6-19(25-3)22(11)26-4)20-15-8-18-17(28-10-29-18)7-14(15)12(2)16-9-27-23(24)21(16)20;1-3-2;/h5-9,13,18-19H,1,10-11H2,2-4H3;5-8,16,20-21H,2,9-10H2,1,3-4H3;;/q;;-1;/t13-,18?,19?;16-,20?,21-;;/m01../s1. The molecule has 0 N–H and O–H groups in total. The van der Waals surface area contributed by atoms with Crippen molar-refractivity contribution in [3.63, 3.8) is 0 Å². The van der Waals surface area contributed by atoms with Crippen molar-refractivity contribution in [2.45, 2.75) is 31.2 Å². The zero-order valence-electron chi connectivity index (χ0n) is 38.1. The number of carbonyl (C=O) groups excluding carboxylic acids is 2. The number of carbonyl (C=O) groups is 2. The second-order valence-corrected chi connectivity index (χ2v) is 33.8. The van der Waals surface area contributed by atoms with E-state index in [0.29, 0.717) is 59.7 Å². The normalized spacial score (nSPS) is 20.7. The minimum Gasteiger partial charge on any atom is 0 e. The monoisotopic (exact) mass is 1370 g/mol. The van der Waals surface area contributed by atoms with Crippen molar-refractivity contribution in [1.82, 2.24) is 0 Å². The summed E-state index contributed by atoms with van der Waals surface area (Å²) >= 11 is 5.30. The van der Waals surface area contributed by atoms with Gasteiger partial charge in [-0.05, 0) is 83.1 Å². The van der Waals surface area contributed by atoms with Gasteiger partial charge in [0.2, 0.25) is 19.3 Å². The van der Waals surface area contributed by atoms with E-state index in [1.165, 1.54) is 32.4 Å². The first kappa shape index (κ1) is 55.3. The van der Waals surface area contributed by atoms with Gasteiger partial charge in [0.05, 0.1) is 53.5 Å². The molecule has 0 aromatic heterocycles. The van der Waals surface area contributed by atoms with Crippen molar-refractivity contribution in [3.8, 4) is 51.7 Å². The molecule has 9 rings (SSSR count). The van der Waals surface area contributed by atoms with Crippen LogP contribution in [0.2, 0.25) is 0 Å². The first-order valence-corrected chi connectivity index (χ1v) is 34.7. The number of cyclic esters (lactones) is 2. The Morgan fingerprint density at radius 3 is 1.97 bits per heavy atom. The maximum Gasteiger partial charge on any atom is 0 e. The van der Waals surface area contributed by atoms with E-state index in [1.807, 2.05) is 25.1 Å². The van der Waals surface area contributed by atoms with Crippen LogP contribution in [0.3, 0.4) is 0 Å². The number of hydrogen-bond donors (Lipinski definition) is 0. The fourth-order valence-electron chi connectivity index (χ4n) is 9.40. The Hall–Kier alpha value is -3.99. The smallest absolute Gasteiger partial charge is 0 e. The van der Waals surface area contributed by atoms with Gasteiger partial charge in [0, 0.05) is 47.8 Å². The summed E-state index contributed by atoms with van der Waals surface area (Å²) in [4.78, 5) is 25.7. The molecular weight excluding hydrogens is 1330 g/mol. The molecule has 0 spiro atoms. The fourth-order valence-corrected chi connectivity index (χ4v) is 9.88. The molecule has 0 bridgehead atoms. The van der Waals surface area contributed by atoms with E-state index in [2.05, 4.69) is 60.6 Å². The third-order valence-electron chi connectivity index (χ3n) is 12.4. The van der Waals surface area contributed by atoms with Crippen molar-refractivity contribution < 1.29 is 115 Å². The molecule has 5 aliphatic rings. The fraction of sp³-hybridized carbons (Fsp3) is 0.362. The number of alkyl halides is 3. The van der Waals surface area contributed by atoms with Crippen LogP contribution in [-0.4, -0.2) is 81.1 Å². The van der Waals surface area contributed by atoms with Gasteiger partial charge < -0.3 is 51.6 Å². The molecule has 2 fully saturated rings. The number of benzene rings is 4. The maximum absolute atomic E-state index is 13.3. The zero-order chi connectivity index (χ0) is 50.1. The van der Waals surface area contributed by atoms with E-state index in [0.717, 1.165) is 27.8 Å². The van der Waals surface area contributed by atoms with E-state index in [1.54, 1.807) is 33.3 Å². The van der Waals surface area contributed by atoms with Crippen LogP contribution in [-0.2, 0) is 47.7 Å². The summed E-state index contributed by atoms with van der Waals surface area (Å²) in [6.07, 6.45) is 1.50. The van der Waals surface area contributed by atoms with Crippen LogP contribution in [0.1, 0.15) is 50.8 Å². The van der Waals surface area contributed by atoms with Gasteiger partial charge in [0.25, 0.3) is 0 Å². The number of aryl methyl sites for hydroxylation is 2. The quantitative estimate of drug-likeness (QED) is 0.0522. The Balaban J connectivity index is 0.000000219. The molecule has 377 valence electrons. The molecule has 4 heterocycles. The topological polar surface area (TPSA) is 170 Å². The largest absolute Gasteiger partial charge is 0 e. The molecule has 70 heavy (non-hydrogen) atoms. The van der Waals surface area contributed by atoms with Crippen LogP contribution in [0, 0.1) is 37.5 Å². The Morgan fingerprint density at radius 2 is 1.36 bits per heavy atom. The molecule has 23 heteroatoms. The van der Waals surface area contributed by atoms with E-state index in [4.69, 9.17) is 47.4 Å². The van der Waals surface area contributed by atoms with Crippen molar-refractivity contribution >= 4 is 64.9 Å². The van der Waals surface area contributed by atoms with Crippen molar-refractivity contribution in [3.05, 3.63) is 107 Å². The molecule has 1 radical (unpaired) electrons. The Morgan fingerprint density at radius 1 is 0.771 bits per heavy atom. The van der Waals surface area contributed by atoms with Gasteiger partial charge in [0.15, 0.2) is 46.0 Å². The molecule has 4 aromatic rings. The third kappa shape index (κ3) is 10.6. The van der Waals surface area contributed by atoms with E-state index < -0.39 is 45.1 Å². The van der Waals surface area contributed by atoms with Crippen LogP contribution < -0.4 is 55.3 Å². The number of rotatable bonds is 11. The predicted octanol–water partition coefficient (Wildman–Crippen LogP) is 6.54. The number of fused-ring (bicyclic) bond motifs is 4. The van der Waals surface area contributed by atoms with Gasteiger partial charge >= 0.3 is 78.1 Å². The van der Waals surface area contributed by atoms with Crippen LogP contribution >= 0.6 is 37.2 Å². The van der Waals surface area contributed by atoms with E-state index in [-0.39, 0.29) is 85.3 Å². The average molecular weight is 1370 g/mol. The summed E-state index contributed by atoms with van der Waals surface area (Å²) in [5.41, 5.74) is 0.00315. The Labute approximate surface area is 443 Å². The molecule has 1 aliphatic carbocycles. The van der Waals surface area contributed by atoms with Gasteiger partial charge in [-0.1, -0.05) is 30.9 Å². The Bertz CT molecular complexity index is 2790. The average Bonchev–Trinajstić information content (AvgIpc) is 4.14. The second-order valence-electron chi connectivity index (χ2n) is 16.0. The maximum atomic E-state index is 13.3. The summed E-state index contributed by atoms with van der Waals surface area (Å²) in [5, 5.41) is 0. The number of hydrogen-bond acceptors (Lipinski definition) is 15. The second kappa shape index (κ2) is 22.8. The SMILES string of the molecule is C=C1c2cc3c(cc2C(c2cc(C)c(OC)c(OC)c2)[C@@H]2C(=O)OC[C@H]12)OCO3.C=C[C@H]1COC(=O)C1C(c1cc(C)c(OC)c(OC)c1)c1ccc2c(c1OS(=O)(=O)C(F)(F)F)OCO2.I[I-]I.[V]. The van der Waals surface area contributed by atoms with Gasteiger partial charge in [0.1, 0.15) is 0 Å². The summed E-state index contributed by atoms with van der Waals surface area (Å²) in [7, 11) is -0.0403. The van der Waals surface area contributed by atoms with Crippen molar-refractivity contribution in [1.29, 1.82) is 0 Å². The number of halogens is 6. The molecular formula is C47H45F3I3O15SV-. The van der Waals surface area contributed by atoms with Gasteiger partial charge in [-0.2, -0.15) is 21.6 Å². The van der Waals surface area contributed by atoms with E-state index in [9.17, 15) is 31.2 Å². The van der Waals surface area contributed by atoms with Crippen molar-refractivity contribution in [2.75, 3.05) is 55.2 Å². The summed E-state index contributed by atoms with van der Waals surface area (Å²) in [5.74, 6) is -1.78. The minimum atomic E-state index is -6.11. The van der Waals surface area contributed by atoms with Crippen LogP contribution in [0.15, 0.2) is 67.8 Å². The molecule has 2 saturated heterocycles. The first-order chi connectivity index (χ1) is 32.9. The summed E-state index contributed by atoms with van der Waals surface area (Å²) in [6, 6.07) is 13.9. The zero-order valence-corrected chi connectivity index (χ0v) is 46.8. The molecule has 0 amide bonds. The molecule has 4 aliphatic heterocycles. The number of esters is 2. The van der Waals surface area contributed by atoms with Crippen LogP contribution in [0.4, 0.5) is 13.2 Å². The van der Waals surface area contributed by atoms with Gasteiger partial charge in [-0.3, -0.25) is 9.59 Å². The van der Waals surface area contributed by atoms with Crippen molar-refractivity contribution in [2.24, 2.45) is 23.7 Å².